The molecule has 2 aromatic rings. The first-order valence-electron chi connectivity index (χ1n) is 5.38. The standard InChI is InChI=1S/C12H13Cl2N3/c1-2-17-9(7-15)6-12(16-17)8-3-4-10(13)11(14)5-8/h3-6H,2,7,15H2,1H3. The van der Waals surface area contributed by atoms with E-state index in [9.17, 15) is 0 Å². The van der Waals surface area contributed by atoms with Crippen LogP contribution in [0.25, 0.3) is 11.3 Å². The summed E-state index contributed by atoms with van der Waals surface area (Å²) in [7, 11) is 0. The van der Waals surface area contributed by atoms with Crippen LogP contribution in [-0.2, 0) is 13.1 Å². The van der Waals surface area contributed by atoms with Gasteiger partial charge in [0, 0.05) is 18.7 Å². The van der Waals surface area contributed by atoms with Gasteiger partial charge in [0.25, 0.3) is 0 Å². The predicted octanol–water partition coefficient (Wildman–Crippen LogP) is 3.34. The predicted molar refractivity (Wildman–Crippen MR) is 71.2 cm³/mol. The highest BCUT2D eigenvalue weighted by Crippen LogP contribution is 2.28. The average Bonchev–Trinajstić information content (AvgIpc) is 2.75. The summed E-state index contributed by atoms with van der Waals surface area (Å²) in [6, 6.07) is 7.46. The molecule has 0 aliphatic rings. The minimum absolute atomic E-state index is 0.474. The Morgan fingerprint density at radius 3 is 2.53 bits per heavy atom. The fourth-order valence-electron chi connectivity index (χ4n) is 1.69. The van der Waals surface area contributed by atoms with Gasteiger partial charge in [0.2, 0.25) is 0 Å². The van der Waals surface area contributed by atoms with Crippen molar-refractivity contribution in [2.45, 2.75) is 20.0 Å². The minimum Gasteiger partial charge on any atom is -0.325 e. The van der Waals surface area contributed by atoms with E-state index in [1.807, 2.05) is 29.8 Å². The summed E-state index contributed by atoms with van der Waals surface area (Å²) in [4.78, 5) is 0. The van der Waals surface area contributed by atoms with Gasteiger partial charge >= 0.3 is 0 Å². The van der Waals surface area contributed by atoms with Crippen LogP contribution in [0.4, 0.5) is 0 Å². The summed E-state index contributed by atoms with van der Waals surface area (Å²) in [6.07, 6.45) is 0. The highest BCUT2D eigenvalue weighted by atomic mass is 35.5. The first-order valence-corrected chi connectivity index (χ1v) is 6.13. The van der Waals surface area contributed by atoms with Gasteiger partial charge in [-0.1, -0.05) is 29.3 Å². The van der Waals surface area contributed by atoms with Crippen molar-refractivity contribution in [3.05, 3.63) is 40.0 Å². The Kier molecular flexibility index (Phi) is 3.72. The maximum atomic E-state index is 5.99. The van der Waals surface area contributed by atoms with Crippen LogP contribution < -0.4 is 5.73 Å². The van der Waals surface area contributed by atoms with E-state index < -0.39 is 0 Å². The van der Waals surface area contributed by atoms with Gasteiger partial charge in [-0.2, -0.15) is 5.10 Å². The molecular formula is C12H13Cl2N3. The van der Waals surface area contributed by atoms with Crippen molar-refractivity contribution in [3.8, 4) is 11.3 Å². The monoisotopic (exact) mass is 269 g/mol. The zero-order valence-electron chi connectivity index (χ0n) is 9.45. The normalized spacial score (nSPS) is 10.8. The zero-order chi connectivity index (χ0) is 12.4. The van der Waals surface area contributed by atoms with Gasteiger partial charge in [0.05, 0.1) is 21.4 Å². The lowest BCUT2D eigenvalue weighted by atomic mass is 10.1. The van der Waals surface area contributed by atoms with Gasteiger partial charge in [-0.3, -0.25) is 4.68 Å². The van der Waals surface area contributed by atoms with Gasteiger partial charge in [0.1, 0.15) is 0 Å². The Morgan fingerprint density at radius 2 is 2.00 bits per heavy atom. The second-order valence-corrected chi connectivity index (χ2v) is 4.48. The Morgan fingerprint density at radius 1 is 1.24 bits per heavy atom. The number of hydrogen-bond acceptors (Lipinski definition) is 2. The van der Waals surface area contributed by atoms with E-state index in [0.717, 1.165) is 23.5 Å². The van der Waals surface area contributed by atoms with E-state index in [1.54, 1.807) is 6.07 Å². The molecule has 0 saturated carbocycles. The van der Waals surface area contributed by atoms with E-state index in [4.69, 9.17) is 28.9 Å². The Labute approximate surface area is 110 Å². The molecule has 1 aromatic carbocycles. The molecule has 0 radical (unpaired) electrons. The fourth-order valence-corrected chi connectivity index (χ4v) is 1.99. The molecule has 0 saturated heterocycles. The van der Waals surface area contributed by atoms with Crippen molar-refractivity contribution in [2.75, 3.05) is 0 Å². The average molecular weight is 270 g/mol. The van der Waals surface area contributed by atoms with Gasteiger partial charge < -0.3 is 5.73 Å². The molecule has 5 heteroatoms. The third-order valence-electron chi connectivity index (χ3n) is 2.59. The lowest BCUT2D eigenvalue weighted by Crippen LogP contribution is -2.06. The molecule has 0 spiro atoms. The van der Waals surface area contributed by atoms with Crippen LogP contribution in [0.1, 0.15) is 12.6 Å². The summed E-state index contributed by atoms with van der Waals surface area (Å²) >= 11 is 11.9. The van der Waals surface area contributed by atoms with Crippen LogP contribution in [0.2, 0.25) is 10.0 Å². The summed E-state index contributed by atoms with van der Waals surface area (Å²) in [5, 5.41) is 5.55. The summed E-state index contributed by atoms with van der Waals surface area (Å²) < 4.78 is 1.89. The van der Waals surface area contributed by atoms with Crippen LogP contribution in [0.5, 0.6) is 0 Å². The first kappa shape index (κ1) is 12.4. The Balaban J connectivity index is 2.45. The quantitative estimate of drug-likeness (QED) is 0.929. The van der Waals surface area contributed by atoms with Crippen LogP contribution in [0.3, 0.4) is 0 Å². The highest BCUT2D eigenvalue weighted by Gasteiger charge is 2.08. The number of nitrogens with zero attached hydrogens (tertiary/aromatic N) is 2. The molecule has 0 amide bonds. The molecule has 17 heavy (non-hydrogen) atoms. The molecule has 0 fully saturated rings. The Bertz CT molecular complexity index is 513. The maximum absolute atomic E-state index is 5.99. The topological polar surface area (TPSA) is 43.8 Å². The van der Waals surface area contributed by atoms with Gasteiger partial charge in [-0.25, -0.2) is 0 Å². The zero-order valence-corrected chi connectivity index (χ0v) is 11.0. The SMILES string of the molecule is CCn1nc(-c2ccc(Cl)c(Cl)c2)cc1CN. The van der Waals surface area contributed by atoms with Crippen molar-refractivity contribution in [3.63, 3.8) is 0 Å². The molecule has 1 aromatic heterocycles. The summed E-state index contributed by atoms with van der Waals surface area (Å²) in [5.74, 6) is 0. The molecule has 3 nitrogen and oxygen atoms in total. The van der Waals surface area contributed by atoms with Crippen molar-refractivity contribution in [2.24, 2.45) is 5.73 Å². The number of aryl methyl sites for hydroxylation is 1. The summed E-state index contributed by atoms with van der Waals surface area (Å²) in [5.41, 5.74) is 8.48. The van der Waals surface area contributed by atoms with E-state index in [0.29, 0.717) is 16.6 Å². The minimum atomic E-state index is 0.474. The van der Waals surface area contributed by atoms with E-state index >= 15 is 0 Å². The largest absolute Gasteiger partial charge is 0.325 e. The number of rotatable bonds is 3. The Hall–Kier alpha value is -1.03. The van der Waals surface area contributed by atoms with Crippen LogP contribution in [-0.4, -0.2) is 9.78 Å². The van der Waals surface area contributed by atoms with Crippen molar-refractivity contribution in [1.82, 2.24) is 9.78 Å². The lowest BCUT2D eigenvalue weighted by molar-refractivity contribution is 0.624. The van der Waals surface area contributed by atoms with Crippen LogP contribution in [0.15, 0.2) is 24.3 Å². The number of aromatic nitrogens is 2. The fraction of sp³-hybridized carbons (Fsp3) is 0.250. The number of nitrogens with two attached hydrogens (primary N) is 1. The lowest BCUT2D eigenvalue weighted by Gasteiger charge is -2.00. The molecule has 1 heterocycles. The molecule has 0 aliphatic heterocycles. The van der Waals surface area contributed by atoms with Gasteiger partial charge in [-0.05, 0) is 25.1 Å². The van der Waals surface area contributed by atoms with Gasteiger partial charge in [-0.15, -0.1) is 0 Å². The molecule has 2 rings (SSSR count). The number of halogens is 2. The van der Waals surface area contributed by atoms with E-state index in [-0.39, 0.29) is 0 Å². The molecule has 2 N–H and O–H groups in total. The molecule has 0 unspecified atom stereocenters. The molecule has 0 bridgehead atoms. The molecule has 90 valence electrons. The number of benzene rings is 1. The molecule has 0 aliphatic carbocycles. The maximum Gasteiger partial charge on any atom is 0.0927 e. The third-order valence-corrected chi connectivity index (χ3v) is 3.33. The molecular weight excluding hydrogens is 257 g/mol. The smallest absolute Gasteiger partial charge is 0.0927 e. The van der Waals surface area contributed by atoms with Crippen LogP contribution in [0, 0.1) is 0 Å². The second-order valence-electron chi connectivity index (χ2n) is 3.67. The third kappa shape index (κ3) is 2.46. The van der Waals surface area contributed by atoms with Gasteiger partial charge in [0.15, 0.2) is 0 Å². The van der Waals surface area contributed by atoms with Crippen LogP contribution >= 0.6 is 23.2 Å². The molecule has 0 atom stereocenters. The highest BCUT2D eigenvalue weighted by molar-refractivity contribution is 6.42. The van der Waals surface area contributed by atoms with Crippen molar-refractivity contribution < 1.29 is 0 Å². The van der Waals surface area contributed by atoms with E-state index in [2.05, 4.69) is 5.10 Å². The first-order chi connectivity index (χ1) is 8.15. The van der Waals surface area contributed by atoms with Crippen molar-refractivity contribution in [1.29, 1.82) is 0 Å². The summed E-state index contributed by atoms with van der Waals surface area (Å²) in [6.45, 7) is 3.31. The second kappa shape index (κ2) is 5.08. The van der Waals surface area contributed by atoms with E-state index in [1.165, 1.54) is 0 Å². The number of hydrogen-bond donors (Lipinski definition) is 1. The van der Waals surface area contributed by atoms with Crippen molar-refractivity contribution >= 4 is 23.2 Å².